The van der Waals surface area contributed by atoms with E-state index in [2.05, 4.69) is 15.1 Å². The van der Waals surface area contributed by atoms with Crippen molar-refractivity contribution < 1.29 is 13.2 Å². The van der Waals surface area contributed by atoms with Crippen molar-refractivity contribution in [2.24, 2.45) is 0 Å². The number of rotatable bonds is 5. The summed E-state index contributed by atoms with van der Waals surface area (Å²) in [6.07, 6.45) is 0. The van der Waals surface area contributed by atoms with Crippen LogP contribution in [0.1, 0.15) is 10.4 Å². The summed E-state index contributed by atoms with van der Waals surface area (Å²) < 4.78 is 25.6. The van der Waals surface area contributed by atoms with Crippen LogP contribution in [0.5, 0.6) is 0 Å². The number of nitrogens with zero attached hydrogens (tertiary/aromatic N) is 5. The lowest BCUT2D eigenvalue weighted by atomic mass is 10.1. The first-order valence-electron chi connectivity index (χ1n) is 10.4. The number of benzene rings is 2. The largest absolute Gasteiger partial charge is 0.352 e. The Kier molecular flexibility index (Phi) is 6.64. The zero-order valence-corrected chi connectivity index (χ0v) is 19.9. The Morgan fingerprint density at radius 1 is 0.909 bits per heavy atom. The van der Waals surface area contributed by atoms with E-state index in [1.807, 2.05) is 36.4 Å². The molecule has 10 heteroatoms. The summed E-state index contributed by atoms with van der Waals surface area (Å²) >= 11 is 6.24. The zero-order valence-electron chi connectivity index (χ0n) is 18.3. The molecule has 2 heterocycles. The molecule has 0 saturated carbocycles. The van der Waals surface area contributed by atoms with Crippen LogP contribution in [0.2, 0.25) is 5.02 Å². The van der Waals surface area contributed by atoms with Crippen molar-refractivity contribution in [1.29, 1.82) is 0 Å². The average Bonchev–Trinajstić information content (AvgIpc) is 2.84. The quantitative estimate of drug-likeness (QED) is 0.552. The molecule has 0 atom stereocenters. The highest BCUT2D eigenvalue weighted by Gasteiger charge is 2.24. The van der Waals surface area contributed by atoms with Crippen LogP contribution in [-0.4, -0.2) is 74.0 Å². The van der Waals surface area contributed by atoms with E-state index in [0.29, 0.717) is 42.5 Å². The highest BCUT2D eigenvalue weighted by Crippen LogP contribution is 2.26. The van der Waals surface area contributed by atoms with E-state index in [-0.39, 0.29) is 10.8 Å². The van der Waals surface area contributed by atoms with Crippen LogP contribution in [0.25, 0.3) is 11.3 Å². The van der Waals surface area contributed by atoms with Crippen molar-refractivity contribution in [3.05, 3.63) is 71.2 Å². The van der Waals surface area contributed by atoms with Crippen molar-refractivity contribution in [3.8, 4) is 11.3 Å². The van der Waals surface area contributed by atoms with E-state index in [0.717, 1.165) is 15.7 Å². The van der Waals surface area contributed by atoms with Crippen molar-refractivity contribution in [1.82, 2.24) is 19.4 Å². The Morgan fingerprint density at radius 3 is 2.15 bits per heavy atom. The summed E-state index contributed by atoms with van der Waals surface area (Å²) in [6, 6.07) is 17.3. The number of hydrogen-bond donors (Lipinski definition) is 0. The topological polar surface area (TPSA) is 86.7 Å². The van der Waals surface area contributed by atoms with Gasteiger partial charge in [-0.25, -0.2) is 12.7 Å². The molecule has 3 aromatic rings. The molecule has 172 valence electrons. The summed E-state index contributed by atoms with van der Waals surface area (Å²) in [7, 11) is -0.574. The fourth-order valence-electron chi connectivity index (χ4n) is 3.61. The van der Waals surface area contributed by atoms with Gasteiger partial charge in [0.1, 0.15) is 0 Å². The van der Waals surface area contributed by atoms with Gasteiger partial charge in [-0.15, -0.1) is 10.2 Å². The number of amides is 1. The normalized spacial score (nSPS) is 14.5. The van der Waals surface area contributed by atoms with Crippen molar-refractivity contribution in [3.63, 3.8) is 0 Å². The van der Waals surface area contributed by atoms with Crippen LogP contribution in [0.15, 0.2) is 65.6 Å². The van der Waals surface area contributed by atoms with Gasteiger partial charge in [0, 0.05) is 51.4 Å². The van der Waals surface area contributed by atoms with Gasteiger partial charge in [0.2, 0.25) is 10.0 Å². The number of carbonyl (C=O) groups excluding carboxylic acids is 1. The van der Waals surface area contributed by atoms with Gasteiger partial charge in [-0.05, 0) is 42.5 Å². The first kappa shape index (κ1) is 23.2. The van der Waals surface area contributed by atoms with E-state index in [9.17, 15) is 13.2 Å². The molecule has 1 fully saturated rings. The molecule has 4 rings (SSSR count). The van der Waals surface area contributed by atoms with Crippen LogP contribution in [0, 0.1) is 0 Å². The van der Waals surface area contributed by atoms with Crippen LogP contribution < -0.4 is 4.90 Å². The van der Waals surface area contributed by atoms with Crippen LogP contribution >= 0.6 is 11.6 Å². The third-order valence-electron chi connectivity index (χ3n) is 5.57. The Bertz CT molecular complexity index is 1240. The molecule has 33 heavy (non-hydrogen) atoms. The molecular weight excluding hydrogens is 462 g/mol. The Labute approximate surface area is 198 Å². The Morgan fingerprint density at radius 2 is 1.58 bits per heavy atom. The summed E-state index contributed by atoms with van der Waals surface area (Å²) in [5.74, 6) is 0.625. The smallest absolute Gasteiger partial charge is 0.253 e. The number of sulfonamides is 1. The van der Waals surface area contributed by atoms with E-state index in [1.54, 1.807) is 17.0 Å². The van der Waals surface area contributed by atoms with Gasteiger partial charge in [0.25, 0.3) is 5.91 Å². The molecule has 8 nitrogen and oxygen atoms in total. The van der Waals surface area contributed by atoms with Gasteiger partial charge in [0.05, 0.1) is 15.6 Å². The van der Waals surface area contributed by atoms with Crippen molar-refractivity contribution in [2.45, 2.75) is 4.90 Å². The molecule has 0 bridgehead atoms. The first-order valence-corrected chi connectivity index (χ1v) is 12.2. The predicted molar refractivity (Wildman–Crippen MR) is 128 cm³/mol. The number of anilines is 1. The monoisotopic (exact) mass is 485 g/mol. The SMILES string of the molecule is CN(C)S(=O)(=O)c1ccc(C(=O)N2CCN(c3ccc(-c4ccccc4Cl)nn3)CC2)cc1. The molecule has 0 radical (unpaired) electrons. The third-order valence-corrected chi connectivity index (χ3v) is 7.73. The maximum Gasteiger partial charge on any atom is 0.253 e. The molecular formula is C23H24ClN5O3S. The summed E-state index contributed by atoms with van der Waals surface area (Å²) in [5, 5.41) is 9.29. The molecule has 1 saturated heterocycles. The lowest BCUT2D eigenvalue weighted by Crippen LogP contribution is -2.49. The van der Waals surface area contributed by atoms with Gasteiger partial charge >= 0.3 is 0 Å². The first-order chi connectivity index (χ1) is 15.8. The van der Waals surface area contributed by atoms with Gasteiger partial charge in [-0.2, -0.15) is 0 Å². The summed E-state index contributed by atoms with van der Waals surface area (Å²) in [4.78, 5) is 16.9. The molecule has 1 amide bonds. The van der Waals surface area contributed by atoms with Crippen LogP contribution in [-0.2, 0) is 10.0 Å². The van der Waals surface area contributed by atoms with Gasteiger partial charge in [0.15, 0.2) is 5.82 Å². The molecule has 0 unspecified atom stereocenters. The molecule has 2 aromatic carbocycles. The van der Waals surface area contributed by atoms with E-state index >= 15 is 0 Å². The van der Waals surface area contributed by atoms with Crippen LogP contribution in [0.3, 0.4) is 0 Å². The molecule has 1 aliphatic heterocycles. The van der Waals surface area contributed by atoms with E-state index < -0.39 is 10.0 Å². The lowest BCUT2D eigenvalue weighted by Gasteiger charge is -2.35. The molecule has 0 spiro atoms. The second-order valence-electron chi connectivity index (χ2n) is 7.85. The summed E-state index contributed by atoms with van der Waals surface area (Å²) in [5.41, 5.74) is 2.00. The highest BCUT2D eigenvalue weighted by atomic mass is 35.5. The number of halogens is 1. The number of carbonyl (C=O) groups is 1. The fraction of sp³-hybridized carbons (Fsp3) is 0.261. The minimum atomic E-state index is -3.52. The third kappa shape index (κ3) is 4.85. The minimum Gasteiger partial charge on any atom is -0.352 e. The van der Waals surface area contributed by atoms with Crippen molar-refractivity contribution >= 4 is 33.3 Å². The summed E-state index contributed by atoms with van der Waals surface area (Å²) in [6.45, 7) is 2.31. The highest BCUT2D eigenvalue weighted by molar-refractivity contribution is 7.89. The van der Waals surface area contributed by atoms with Gasteiger partial charge in [-0.3, -0.25) is 4.79 Å². The number of hydrogen-bond acceptors (Lipinski definition) is 6. The Balaban J connectivity index is 1.39. The minimum absolute atomic E-state index is 0.122. The van der Waals surface area contributed by atoms with Gasteiger partial charge in [-0.1, -0.05) is 29.8 Å². The van der Waals surface area contributed by atoms with E-state index in [1.165, 1.54) is 26.2 Å². The van der Waals surface area contributed by atoms with Crippen LogP contribution in [0.4, 0.5) is 5.82 Å². The maximum absolute atomic E-state index is 12.9. The zero-order chi connectivity index (χ0) is 23.6. The molecule has 0 aliphatic carbocycles. The standard InChI is InChI=1S/C23H24ClN5O3S/c1-27(2)33(31,32)18-9-7-17(8-10-18)23(30)29-15-13-28(14-16-29)22-12-11-21(25-26-22)19-5-3-4-6-20(19)24/h3-12H,13-16H2,1-2H3. The second kappa shape index (κ2) is 9.46. The number of piperazine rings is 1. The second-order valence-corrected chi connectivity index (χ2v) is 10.4. The van der Waals surface area contributed by atoms with Crippen molar-refractivity contribution in [2.75, 3.05) is 45.2 Å². The molecule has 0 N–H and O–H groups in total. The van der Waals surface area contributed by atoms with Gasteiger partial charge < -0.3 is 9.80 Å². The molecule has 1 aromatic heterocycles. The fourth-order valence-corrected chi connectivity index (χ4v) is 4.74. The average molecular weight is 486 g/mol. The predicted octanol–water partition coefficient (Wildman–Crippen LogP) is 3.01. The lowest BCUT2D eigenvalue weighted by molar-refractivity contribution is 0.0746. The Hall–Kier alpha value is -3.01. The molecule has 1 aliphatic rings. The maximum atomic E-state index is 12.9. The number of aromatic nitrogens is 2. The van der Waals surface area contributed by atoms with E-state index in [4.69, 9.17) is 11.6 Å².